The second-order valence-electron chi connectivity index (χ2n) is 0.183. The summed E-state index contributed by atoms with van der Waals surface area (Å²) in [7, 11) is 0. The van der Waals surface area contributed by atoms with Crippen LogP contribution in [0.5, 0.6) is 0 Å². The third-order valence-electron chi connectivity index (χ3n) is 0. The Labute approximate surface area is 67.8 Å². The van der Waals surface area contributed by atoms with Gasteiger partial charge in [0.05, 0.1) is 6.73 Å². The molecule has 0 spiro atoms. The first-order valence-corrected chi connectivity index (χ1v) is 0.724. The Bertz CT molecular complexity index is 8.00. The van der Waals surface area contributed by atoms with E-state index in [1.54, 1.807) is 0 Å². The minimum Gasteiger partial charge on any atom is -0.382 e. The molecule has 0 aromatic rings. The van der Waals surface area contributed by atoms with Crippen LogP contribution in [-0.2, 0) is 0 Å². The molecule has 0 rings (SSSR count). The predicted molar refractivity (Wildman–Crippen MR) is 17.0 cm³/mol. The van der Waals surface area contributed by atoms with E-state index in [2.05, 4.69) is 5.73 Å². The van der Waals surface area contributed by atoms with Gasteiger partial charge in [0.25, 0.3) is 0 Å². The van der Waals surface area contributed by atoms with Crippen molar-refractivity contribution >= 4 is 51.4 Å². The average Bonchev–Trinajstić information content (AvgIpc) is 0.918. The van der Waals surface area contributed by atoms with E-state index in [-0.39, 0.29) is 58.1 Å². The van der Waals surface area contributed by atoms with E-state index in [1.807, 2.05) is 0 Å². The second-order valence-corrected chi connectivity index (χ2v) is 0.183. The van der Waals surface area contributed by atoms with Gasteiger partial charge in [-0.3, -0.25) is 0 Å². The van der Waals surface area contributed by atoms with Crippen LogP contribution in [0.25, 0.3) is 0 Å². The molecule has 3 heteroatoms. The van der Waals surface area contributed by atoms with Gasteiger partial charge in [-0.2, -0.15) is 0 Å². The number of hydrogen-bond donors (Lipinski definition) is 2. The predicted octanol–water partition coefficient (Wildman–Crippen LogP) is -1.49. The SMILES string of the molecule is NCO.[K]. The van der Waals surface area contributed by atoms with Crippen molar-refractivity contribution in [1.29, 1.82) is 0 Å². The standard InChI is InChI=1S/CH5NO.K/c2-1-3;/h3H,1-2H2;. The molecule has 4 heavy (non-hydrogen) atoms. The molecule has 3 N–H and O–H groups in total. The van der Waals surface area contributed by atoms with Crippen molar-refractivity contribution in [2.75, 3.05) is 6.73 Å². The van der Waals surface area contributed by atoms with Gasteiger partial charge in [-0.05, 0) is 0 Å². The van der Waals surface area contributed by atoms with Gasteiger partial charge in [-0.25, -0.2) is 0 Å². The maximum atomic E-state index is 7.35. The fourth-order valence-electron chi connectivity index (χ4n) is 0. The van der Waals surface area contributed by atoms with Crippen LogP contribution in [0.3, 0.4) is 0 Å². The van der Waals surface area contributed by atoms with Crippen molar-refractivity contribution in [3.63, 3.8) is 0 Å². The molecule has 0 heterocycles. The molecule has 0 aromatic carbocycles. The normalized spacial score (nSPS) is 4.50. The van der Waals surface area contributed by atoms with Crippen molar-refractivity contribution < 1.29 is 5.11 Å². The van der Waals surface area contributed by atoms with E-state index in [9.17, 15) is 0 Å². The van der Waals surface area contributed by atoms with E-state index >= 15 is 0 Å². The fraction of sp³-hybridized carbons (Fsp3) is 1.00. The van der Waals surface area contributed by atoms with Crippen molar-refractivity contribution in [3.05, 3.63) is 0 Å². The Morgan fingerprint density at radius 1 is 1.75 bits per heavy atom. The van der Waals surface area contributed by atoms with Crippen molar-refractivity contribution in [2.45, 2.75) is 0 Å². The average molecular weight is 86.2 g/mol. The zero-order valence-corrected chi connectivity index (χ0v) is 5.85. The molecule has 0 aliphatic carbocycles. The summed E-state index contributed by atoms with van der Waals surface area (Å²) in [6, 6.07) is 0. The first-order chi connectivity index (χ1) is 1.41. The molecule has 0 amide bonds. The molecule has 0 aliphatic heterocycles. The van der Waals surface area contributed by atoms with E-state index < -0.39 is 0 Å². The van der Waals surface area contributed by atoms with Crippen LogP contribution in [0.15, 0.2) is 0 Å². The van der Waals surface area contributed by atoms with Crippen molar-refractivity contribution in [1.82, 2.24) is 0 Å². The molecule has 21 valence electrons. The monoisotopic (exact) mass is 86.0 g/mol. The van der Waals surface area contributed by atoms with Crippen LogP contribution in [0.4, 0.5) is 0 Å². The van der Waals surface area contributed by atoms with Gasteiger partial charge in [0.15, 0.2) is 0 Å². The van der Waals surface area contributed by atoms with Gasteiger partial charge in [0.1, 0.15) is 0 Å². The van der Waals surface area contributed by atoms with Crippen LogP contribution < -0.4 is 5.73 Å². The van der Waals surface area contributed by atoms with E-state index in [0.29, 0.717) is 0 Å². The Balaban J connectivity index is 0. The smallest absolute Gasteiger partial charge is 0.0906 e. The first kappa shape index (κ1) is 9.12. The van der Waals surface area contributed by atoms with Crippen LogP contribution in [0, 0.1) is 0 Å². The largest absolute Gasteiger partial charge is 0.382 e. The van der Waals surface area contributed by atoms with Gasteiger partial charge >= 0.3 is 0 Å². The summed E-state index contributed by atoms with van der Waals surface area (Å²) in [6.45, 7) is -0.250. The van der Waals surface area contributed by atoms with Gasteiger partial charge in [0, 0.05) is 51.4 Å². The Morgan fingerprint density at radius 2 is 1.75 bits per heavy atom. The molecule has 0 unspecified atom stereocenters. The quantitative estimate of drug-likeness (QED) is 0.279. The molecule has 0 fully saturated rings. The third-order valence-corrected chi connectivity index (χ3v) is 0. The van der Waals surface area contributed by atoms with Gasteiger partial charge in [0.2, 0.25) is 0 Å². The Hall–Kier alpha value is 1.56. The molecule has 0 aromatic heterocycles. The summed E-state index contributed by atoms with van der Waals surface area (Å²) in [5.41, 5.74) is 4.40. The van der Waals surface area contributed by atoms with Crippen LogP contribution in [0.2, 0.25) is 0 Å². The van der Waals surface area contributed by atoms with Crippen molar-refractivity contribution in [3.8, 4) is 0 Å². The zero-order valence-electron chi connectivity index (χ0n) is 2.73. The van der Waals surface area contributed by atoms with Crippen molar-refractivity contribution in [2.24, 2.45) is 5.73 Å². The van der Waals surface area contributed by atoms with Crippen LogP contribution >= 0.6 is 0 Å². The first-order valence-electron chi connectivity index (χ1n) is 0.724. The molecule has 0 saturated carbocycles. The summed E-state index contributed by atoms with van der Waals surface area (Å²) in [5, 5.41) is 7.35. The maximum Gasteiger partial charge on any atom is 0.0906 e. The number of nitrogens with two attached hydrogens (primary N) is 1. The Kier molecular flexibility index (Phi) is 20.1. The van der Waals surface area contributed by atoms with Gasteiger partial charge in [-0.15, -0.1) is 0 Å². The van der Waals surface area contributed by atoms with Crippen LogP contribution in [0.1, 0.15) is 0 Å². The third kappa shape index (κ3) is 9.59. The zero-order chi connectivity index (χ0) is 2.71. The minimum atomic E-state index is -0.250. The van der Waals surface area contributed by atoms with Crippen LogP contribution in [-0.4, -0.2) is 63.2 Å². The summed E-state index contributed by atoms with van der Waals surface area (Å²) < 4.78 is 0. The molecule has 1 radical (unpaired) electrons. The summed E-state index contributed by atoms with van der Waals surface area (Å²) in [5.74, 6) is 0. The Morgan fingerprint density at radius 3 is 1.75 bits per heavy atom. The number of aliphatic hydroxyl groups excluding tert-OH is 1. The molecule has 0 aliphatic rings. The summed E-state index contributed by atoms with van der Waals surface area (Å²) in [4.78, 5) is 0. The molecular weight excluding hydrogens is 81.1 g/mol. The second kappa shape index (κ2) is 8.82. The van der Waals surface area contributed by atoms with Gasteiger partial charge in [-0.1, -0.05) is 0 Å². The molecule has 0 saturated heterocycles. The topological polar surface area (TPSA) is 46.2 Å². The molecule has 0 atom stereocenters. The molecular formula is CH5KNO. The van der Waals surface area contributed by atoms with E-state index in [1.165, 1.54) is 0 Å². The van der Waals surface area contributed by atoms with Gasteiger partial charge < -0.3 is 10.8 Å². The number of rotatable bonds is 0. The molecule has 0 bridgehead atoms. The molecule has 2 nitrogen and oxygen atoms in total. The maximum absolute atomic E-state index is 7.35. The van der Waals surface area contributed by atoms with E-state index in [4.69, 9.17) is 5.11 Å². The summed E-state index contributed by atoms with van der Waals surface area (Å²) in [6.07, 6.45) is 0. The summed E-state index contributed by atoms with van der Waals surface area (Å²) >= 11 is 0. The fourth-order valence-corrected chi connectivity index (χ4v) is 0. The minimum absolute atomic E-state index is 0. The number of aliphatic hydroxyl groups is 1. The van der Waals surface area contributed by atoms with E-state index in [0.717, 1.165) is 0 Å². The number of hydrogen-bond acceptors (Lipinski definition) is 2.